The first-order valence-electron chi connectivity index (χ1n) is 6.98. The Morgan fingerprint density at radius 3 is 3.00 bits per heavy atom. The van der Waals surface area contributed by atoms with Gasteiger partial charge in [0.15, 0.2) is 0 Å². The van der Waals surface area contributed by atoms with Gasteiger partial charge in [0.05, 0.1) is 0 Å². The average Bonchev–Trinajstić information content (AvgIpc) is 3.07. The molecule has 1 fully saturated rings. The first-order chi connectivity index (χ1) is 9.22. The summed E-state index contributed by atoms with van der Waals surface area (Å²) in [5.41, 5.74) is 1.47. The maximum Gasteiger partial charge on any atom is 0.105 e. The highest BCUT2D eigenvalue weighted by atomic mass is 32.1. The molecule has 102 valence electrons. The largest absolute Gasteiger partial charge is 0.334 e. The topological polar surface area (TPSA) is 21.1 Å². The molecule has 0 aromatic carbocycles. The number of nitrogens with zero attached hydrogens (tertiary/aromatic N) is 3. The minimum absolute atomic E-state index is 0.660. The normalized spacial score (nSPS) is 20.2. The quantitative estimate of drug-likeness (QED) is 0.854. The minimum Gasteiger partial charge on any atom is -0.334 e. The Bertz CT molecular complexity index is 543. The number of imidazole rings is 1. The molecule has 3 nitrogen and oxygen atoms in total. The Morgan fingerprint density at radius 2 is 2.32 bits per heavy atom. The molecule has 2 aromatic heterocycles. The summed E-state index contributed by atoms with van der Waals surface area (Å²) < 4.78 is 2.28. The Morgan fingerprint density at radius 1 is 1.42 bits per heavy atom. The van der Waals surface area contributed by atoms with Crippen molar-refractivity contribution >= 4 is 11.3 Å². The Hall–Kier alpha value is -1.13. The van der Waals surface area contributed by atoms with Crippen molar-refractivity contribution in [2.75, 3.05) is 6.54 Å². The van der Waals surface area contributed by atoms with Crippen molar-refractivity contribution < 1.29 is 0 Å². The lowest BCUT2D eigenvalue weighted by molar-refractivity contribution is 0.223. The lowest BCUT2D eigenvalue weighted by atomic mass is 10.2. The van der Waals surface area contributed by atoms with E-state index in [-0.39, 0.29) is 0 Å². The predicted octanol–water partition coefficient (Wildman–Crippen LogP) is 3.23. The van der Waals surface area contributed by atoms with Crippen molar-refractivity contribution in [2.45, 2.75) is 45.8 Å². The lowest BCUT2D eigenvalue weighted by Gasteiger charge is -2.24. The van der Waals surface area contributed by atoms with Crippen molar-refractivity contribution in [3.63, 3.8) is 0 Å². The van der Waals surface area contributed by atoms with Gasteiger partial charge in [-0.25, -0.2) is 4.98 Å². The van der Waals surface area contributed by atoms with E-state index in [9.17, 15) is 0 Å². The zero-order chi connectivity index (χ0) is 13.2. The van der Waals surface area contributed by atoms with E-state index in [0.717, 1.165) is 18.9 Å². The fourth-order valence-electron chi connectivity index (χ4n) is 2.95. The van der Waals surface area contributed by atoms with Crippen molar-refractivity contribution in [1.82, 2.24) is 14.5 Å². The molecule has 0 bridgehead atoms. The van der Waals surface area contributed by atoms with Gasteiger partial charge < -0.3 is 4.57 Å². The predicted molar refractivity (Wildman–Crippen MR) is 79.5 cm³/mol. The Balaban J connectivity index is 1.66. The molecule has 0 amide bonds. The number of hydrogen-bond acceptors (Lipinski definition) is 3. The number of aryl methyl sites for hydroxylation is 2. The molecule has 2 aromatic rings. The minimum atomic E-state index is 0.660. The molecule has 1 aliphatic heterocycles. The molecular weight excluding hydrogens is 254 g/mol. The molecule has 1 unspecified atom stereocenters. The number of thiophene rings is 1. The number of likely N-dealkylation sites (tertiary alicyclic amines) is 1. The van der Waals surface area contributed by atoms with Crippen molar-refractivity contribution in [2.24, 2.45) is 0 Å². The van der Waals surface area contributed by atoms with Crippen LogP contribution in [0.3, 0.4) is 0 Å². The van der Waals surface area contributed by atoms with Gasteiger partial charge in [-0.3, -0.25) is 4.90 Å². The molecule has 0 saturated carbocycles. The summed E-state index contributed by atoms with van der Waals surface area (Å²) in [6.45, 7) is 7.68. The maximum atomic E-state index is 4.32. The van der Waals surface area contributed by atoms with Crippen molar-refractivity contribution in [3.05, 3.63) is 40.1 Å². The summed E-state index contributed by atoms with van der Waals surface area (Å²) in [5.74, 6) is 1.12. The van der Waals surface area contributed by atoms with Gasteiger partial charge in [0.2, 0.25) is 0 Å². The van der Waals surface area contributed by atoms with Gasteiger partial charge >= 0.3 is 0 Å². The molecule has 0 aliphatic carbocycles. The van der Waals surface area contributed by atoms with Gasteiger partial charge in [-0.1, -0.05) is 0 Å². The molecule has 0 radical (unpaired) electrons. The van der Waals surface area contributed by atoms with Crippen LogP contribution in [0.1, 0.15) is 29.1 Å². The van der Waals surface area contributed by atoms with Gasteiger partial charge in [-0.15, -0.1) is 11.3 Å². The van der Waals surface area contributed by atoms with E-state index in [1.165, 1.54) is 29.8 Å². The van der Waals surface area contributed by atoms with E-state index in [0.29, 0.717) is 6.04 Å². The van der Waals surface area contributed by atoms with E-state index in [4.69, 9.17) is 0 Å². The van der Waals surface area contributed by atoms with Crippen LogP contribution in [-0.4, -0.2) is 27.0 Å². The molecule has 1 aliphatic rings. The van der Waals surface area contributed by atoms with Gasteiger partial charge in [0, 0.05) is 36.4 Å². The highest BCUT2D eigenvalue weighted by Gasteiger charge is 2.25. The Kier molecular flexibility index (Phi) is 3.71. The summed E-state index contributed by atoms with van der Waals surface area (Å²) in [7, 11) is 0. The third kappa shape index (κ3) is 2.90. The SMILES string of the molecule is Cc1cc(CN2CCCC2Cn2ccnc2C)cs1. The smallest absolute Gasteiger partial charge is 0.105 e. The molecular formula is C15H21N3S. The number of aromatic nitrogens is 2. The average molecular weight is 275 g/mol. The fourth-order valence-corrected chi connectivity index (χ4v) is 3.65. The molecule has 0 N–H and O–H groups in total. The summed E-state index contributed by atoms with van der Waals surface area (Å²) in [6.07, 6.45) is 6.62. The fraction of sp³-hybridized carbons (Fsp3) is 0.533. The third-order valence-corrected chi connectivity index (χ3v) is 4.91. The molecule has 4 heteroatoms. The van der Waals surface area contributed by atoms with E-state index in [1.54, 1.807) is 0 Å². The summed E-state index contributed by atoms with van der Waals surface area (Å²) in [6, 6.07) is 2.98. The van der Waals surface area contributed by atoms with Crippen LogP contribution >= 0.6 is 11.3 Å². The molecule has 19 heavy (non-hydrogen) atoms. The molecule has 3 rings (SSSR count). The van der Waals surface area contributed by atoms with Gasteiger partial charge in [0.25, 0.3) is 0 Å². The lowest BCUT2D eigenvalue weighted by Crippen LogP contribution is -2.32. The van der Waals surface area contributed by atoms with Crippen molar-refractivity contribution in [1.29, 1.82) is 0 Å². The van der Waals surface area contributed by atoms with E-state index >= 15 is 0 Å². The van der Waals surface area contributed by atoms with Gasteiger partial charge in [-0.2, -0.15) is 0 Å². The van der Waals surface area contributed by atoms with Crippen LogP contribution in [0.15, 0.2) is 23.8 Å². The number of rotatable bonds is 4. The second-order valence-corrected chi connectivity index (χ2v) is 6.57. The molecule has 1 atom stereocenters. The molecule has 1 saturated heterocycles. The Labute approximate surface area is 118 Å². The highest BCUT2D eigenvalue weighted by Crippen LogP contribution is 2.23. The van der Waals surface area contributed by atoms with Crippen LogP contribution in [-0.2, 0) is 13.1 Å². The van der Waals surface area contributed by atoms with E-state index in [2.05, 4.69) is 45.9 Å². The standard InChI is InChI=1S/C15H21N3S/c1-12-8-14(11-19-12)9-18-6-3-4-15(18)10-17-7-5-16-13(17)2/h5,7-8,11,15H,3-4,6,9-10H2,1-2H3. The zero-order valence-electron chi connectivity index (χ0n) is 11.7. The van der Waals surface area contributed by atoms with Crippen LogP contribution in [0.5, 0.6) is 0 Å². The maximum absolute atomic E-state index is 4.32. The molecule has 3 heterocycles. The number of hydrogen-bond donors (Lipinski definition) is 0. The van der Waals surface area contributed by atoms with Crippen LogP contribution in [0.4, 0.5) is 0 Å². The van der Waals surface area contributed by atoms with Crippen LogP contribution in [0.2, 0.25) is 0 Å². The zero-order valence-corrected chi connectivity index (χ0v) is 12.5. The summed E-state index contributed by atoms with van der Waals surface area (Å²) in [5, 5.41) is 2.30. The van der Waals surface area contributed by atoms with Crippen LogP contribution in [0.25, 0.3) is 0 Å². The monoisotopic (exact) mass is 275 g/mol. The van der Waals surface area contributed by atoms with Crippen molar-refractivity contribution in [3.8, 4) is 0 Å². The van der Waals surface area contributed by atoms with Gasteiger partial charge in [-0.05, 0) is 50.2 Å². The third-order valence-electron chi connectivity index (χ3n) is 4.00. The first-order valence-corrected chi connectivity index (χ1v) is 7.86. The first kappa shape index (κ1) is 12.9. The van der Waals surface area contributed by atoms with Crippen LogP contribution < -0.4 is 0 Å². The second kappa shape index (κ2) is 5.47. The second-order valence-electron chi connectivity index (χ2n) is 5.46. The van der Waals surface area contributed by atoms with E-state index in [1.807, 2.05) is 17.5 Å². The summed E-state index contributed by atoms with van der Waals surface area (Å²) in [4.78, 5) is 8.36. The van der Waals surface area contributed by atoms with E-state index < -0.39 is 0 Å². The molecule has 0 spiro atoms. The highest BCUT2D eigenvalue weighted by molar-refractivity contribution is 7.10. The van der Waals surface area contributed by atoms with Gasteiger partial charge in [0.1, 0.15) is 5.82 Å². The van der Waals surface area contributed by atoms with Crippen LogP contribution in [0, 0.1) is 13.8 Å². The summed E-state index contributed by atoms with van der Waals surface area (Å²) >= 11 is 1.85.